The predicted octanol–water partition coefficient (Wildman–Crippen LogP) is 1.29. The molecule has 0 amide bonds. The zero-order valence-electron chi connectivity index (χ0n) is 13.7. The molecule has 0 aromatic heterocycles. The number of rotatable bonds is 5. The molecule has 2 rings (SSSR count). The molecule has 2 fully saturated rings. The van der Waals surface area contributed by atoms with Crippen molar-refractivity contribution in [2.45, 2.75) is 69.6 Å². The molecule has 0 aromatic rings. The van der Waals surface area contributed by atoms with Gasteiger partial charge in [0.15, 0.2) is 0 Å². The van der Waals surface area contributed by atoms with Crippen LogP contribution in [0.5, 0.6) is 0 Å². The second-order valence-corrected chi connectivity index (χ2v) is 7.39. The lowest BCUT2D eigenvalue weighted by atomic mass is 9.78. The monoisotopic (exact) mass is 283 g/mol. The Kier molecular flexibility index (Phi) is 5.46. The summed E-state index contributed by atoms with van der Waals surface area (Å²) >= 11 is 0. The molecule has 1 aliphatic carbocycles. The van der Waals surface area contributed by atoms with Crippen molar-refractivity contribution in [3.05, 3.63) is 0 Å². The lowest BCUT2D eigenvalue weighted by Gasteiger charge is -2.44. The molecule has 1 saturated carbocycles. The van der Waals surface area contributed by atoms with Gasteiger partial charge in [-0.3, -0.25) is 4.90 Å². The summed E-state index contributed by atoms with van der Waals surface area (Å²) in [5.74, 6) is 0. The van der Waals surface area contributed by atoms with Crippen LogP contribution in [0.15, 0.2) is 0 Å². The van der Waals surface area contributed by atoms with Crippen molar-refractivity contribution < 1.29 is 5.11 Å². The van der Waals surface area contributed by atoms with Crippen LogP contribution >= 0.6 is 0 Å². The number of hydrogen-bond donors (Lipinski definition) is 2. The molecule has 20 heavy (non-hydrogen) atoms. The first-order valence-corrected chi connectivity index (χ1v) is 8.25. The highest BCUT2D eigenvalue weighted by Gasteiger charge is 2.40. The largest absolute Gasteiger partial charge is 0.394 e. The Hall–Kier alpha value is -0.160. The molecule has 0 spiro atoms. The SMILES string of the molecule is CC(C)NC1(CO)CCCC(N2CCC(N(C)C)C2)C1. The zero-order chi connectivity index (χ0) is 14.8. The summed E-state index contributed by atoms with van der Waals surface area (Å²) in [6, 6.07) is 1.79. The highest BCUT2D eigenvalue weighted by atomic mass is 16.3. The summed E-state index contributed by atoms with van der Waals surface area (Å²) in [6.07, 6.45) is 6.02. The number of nitrogens with zero attached hydrogens (tertiary/aromatic N) is 2. The van der Waals surface area contributed by atoms with Crippen molar-refractivity contribution in [2.24, 2.45) is 0 Å². The van der Waals surface area contributed by atoms with E-state index in [0.717, 1.165) is 12.8 Å². The van der Waals surface area contributed by atoms with Crippen molar-refractivity contribution >= 4 is 0 Å². The third kappa shape index (κ3) is 3.73. The van der Waals surface area contributed by atoms with Gasteiger partial charge in [0.2, 0.25) is 0 Å². The molecule has 1 saturated heterocycles. The standard InChI is InChI=1S/C16H33N3O/c1-13(2)17-16(12-20)8-5-6-14(10-16)19-9-7-15(11-19)18(3)4/h13-15,17,20H,5-12H2,1-4H3. The highest BCUT2D eigenvalue weighted by molar-refractivity contribution is 4.99. The average Bonchev–Trinajstić information content (AvgIpc) is 2.88. The minimum absolute atomic E-state index is 0.0483. The predicted molar refractivity (Wildman–Crippen MR) is 84.0 cm³/mol. The van der Waals surface area contributed by atoms with Crippen molar-refractivity contribution in [2.75, 3.05) is 33.8 Å². The fourth-order valence-corrected chi connectivity index (χ4v) is 4.10. The van der Waals surface area contributed by atoms with Crippen molar-refractivity contribution in [3.63, 3.8) is 0 Å². The molecular formula is C16H33N3O. The van der Waals surface area contributed by atoms with E-state index in [1.807, 2.05) is 0 Å². The highest BCUT2D eigenvalue weighted by Crippen LogP contribution is 2.33. The number of aliphatic hydroxyl groups is 1. The van der Waals surface area contributed by atoms with Crippen LogP contribution in [0, 0.1) is 0 Å². The van der Waals surface area contributed by atoms with Gasteiger partial charge in [0, 0.05) is 36.8 Å². The van der Waals surface area contributed by atoms with E-state index < -0.39 is 0 Å². The lowest BCUT2D eigenvalue weighted by molar-refractivity contribution is 0.0610. The smallest absolute Gasteiger partial charge is 0.0613 e. The minimum atomic E-state index is -0.0483. The van der Waals surface area contributed by atoms with E-state index in [1.54, 1.807) is 0 Å². The van der Waals surface area contributed by atoms with Crippen LogP contribution in [0.1, 0.15) is 46.0 Å². The molecule has 1 aliphatic heterocycles. The topological polar surface area (TPSA) is 38.7 Å². The third-order valence-electron chi connectivity index (χ3n) is 5.16. The summed E-state index contributed by atoms with van der Waals surface area (Å²) in [4.78, 5) is 5.02. The second kappa shape index (κ2) is 6.73. The maximum absolute atomic E-state index is 9.90. The van der Waals surface area contributed by atoms with Crippen molar-refractivity contribution in [3.8, 4) is 0 Å². The van der Waals surface area contributed by atoms with Crippen LogP contribution in [0.25, 0.3) is 0 Å². The van der Waals surface area contributed by atoms with Gasteiger partial charge in [-0.05, 0) is 46.2 Å². The molecule has 1 heterocycles. The molecule has 4 nitrogen and oxygen atoms in total. The van der Waals surface area contributed by atoms with Gasteiger partial charge in [0.25, 0.3) is 0 Å². The van der Waals surface area contributed by atoms with Gasteiger partial charge in [-0.15, -0.1) is 0 Å². The van der Waals surface area contributed by atoms with Gasteiger partial charge in [-0.1, -0.05) is 13.8 Å². The Morgan fingerprint density at radius 3 is 2.65 bits per heavy atom. The Balaban J connectivity index is 1.96. The molecule has 4 heteroatoms. The Bertz CT molecular complexity index is 308. The summed E-state index contributed by atoms with van der Waals surface area (Å²) in [6.45, 7) is 7.04. The average molecular weight is 283 g/mol. The fraction of sp³-hybridized carbons (Fsp3) is 1.00. The van der Waals surface area contributed by atoms with Gasteiger partial charge in [-0.2, -0.15) is 0 Å². The quantitative estimate of drug-likeness (QED) is 0.797. The first-order chi connectivity index (χ1) is 9.46. The summed E-state index contributed by atoms with van der Waals surface area (Å²) in [7, 11) is 4.38. The van der Waals surface area contributed by atoms with E-state index in [0.29, 0.717) is 18.1 Å². The Morgan fingerprint density at radius 1 is 1.35 bits per heavy atom. The van der Waals surface area contributed by atoms with Crippen LogP contribution < -0.4 is 5.32 Å². The van der Waals surface area contributed by atoms with E-state index in [-0.39, 0.29) is 12.1 Å². The molecule has 0 radical (unpaired) electrons. The van der Waals surface area contributed by atoms with Crippen molar-refractivity contribution in [1.29, 1.82) is 0 Å². The van der Waals surface area contributed by atoms with Crippen LogP contribution in [0.2, 0.25) is 0 Å². The third-order valence-corrected chi connectivity index (χ3v) is 5.16. The number of likely N-dealkylation sites (tertiary alicyclic amines) is 1. The summed E-state index contributed by atoms with van der Waals surface area (Å²) < 4.78 is 0. The van der Waals surface area contributed by atoms with Gasteiger partial charge in [-0.25, -0.2) is 0 Å². The number of aliphatic hydroxyl groups excluding tert-OH is 1. The van der Waals surface area contributed by atoms with Crippen LogP contribution in [-0.4, -0.2) is 72.4 Å². The van der Waals surface area contributed by atoms with E-state index >= 15 is 0 Å². The van der Waals surface area contributed by atoms with Crippen LogP contribution in [-0.2, 0) is 0 Å². The number of likely N-dealkylation sites (N-methyl/N-ethyl adjacent to an activating group) is 1. The maximum atomic E-state index is 9.90. The van der Waals surface area contributed by atoms with Gasteiger partial charge < -0.3 is 15.3 Å². The van der Waals surface area contributed by atoms with Gasteiger partial charge >= 0.3 is 0 Å². The van der Waals surface area contributed by atoms with E-state index in [2.05, 4.69) is 43.1 Å². The van der Waals surface area contributed by atoms with E-state index in [9.17, 15) is 5.11 Å². The molecule has 2 aliphatic rings. The van der Waals surface area contributed by atoms with E-state index in [1.165, 1.54) is 32.4 Å². The summed E-state index contributed by atoms with van der Waals surface area (Å²) in [5.41, 5.74) is -0.0483. The van der Waals surface area contributed by atoms with Crippen molar-refractivity contribution in [1.82, 2.24) is 15.1 Å². The van der Waals surface area contributed by atoms with Gasteiger partial charge in [0.1, 0.15) is 0 Å². The molecular weight excluding hydrogens is 250 g/mol. The molecule has 3 atom stereocenters. The van der Waals surface area contributed by atoms with Crippen LogP contribution in [0.3, 0.4) is 0 Å². The number of nitrogens with one attached hydrogen (secondary N) is 1. The number of hydrogen-bond acceptors (Lipinski definition) is 4. The van der Waals surface area contributed by atoms with E-state index in [4.69, 9.17) is 0 Å². The maximum Gasteiger partial charge on any atom is 0.0613 e. The van der Waals surface area contributed by atoms with Crippen LogP contribution in [0.4, 0.5) is 0 Å². The molecule has 3 unspecified atom stereocenters. The molecule has 0 aromatic carbocycles. The second-order valence-electron chi connectivity index (χ2n) is 7.39. The molecule has 2 N–H and O–H groups in total. The zero-order valence-corrected chi connectivity index (χ0v) is 13.7. The Morgan fingerprint density at radius 2 is 2.10 bits per heavy atom. The fourth-order valence-electron chi connectivity index (χ4n) is 4.10. The van der Waals surface area contributed by atoms with Gasteiger partial charge in [0.05, 0.1) is 6.61 Å². The minimum Gasteiger partial charge on any atom is -0.394 e. The first-order valence-electron chi connectivity index (χ1n) is 8.25. The molecule has 0 bridgehead atoms. The normalized spacial score (nSPS) is 36.1. The summed E-state index contributed by atoms with van der Waals surface area (Å²) in [5, 5.41) is 13.5. The Labute approximate surface area is 124 Å². The first kappa shape index (κ1) is 16.2. The lowest BCUT2D eigenvalue weighted by Crippen LogP contribution is -2.57. The molecule has 118 valence electrons.